The van der Waals surface area contributed by atoms with Crippen LogP contribution < -0.4 is 15.0 Å². The monoisotopic (exact) mass is 259 g/mol. The van der Waals surface area contributed by atoms with E-state index >= 15 is 0 Å². The Hall–Kier alpha value is -1.40. The second-order valence-electron chi connectivity index (χ2n) is 4.23. The minimum Gasteiger partial charge on any atom is -0.490 e. The summed E-state index contributed by atoms with van der Waals surface area (Å²) >= 11 is 0. The van der Waals surface area contributed by atoms with Crippen molar-refractivity contribution in [1.29, 1.82) is 0 Å². The molecule has 0 aliphatic carbocycles. The average molecular weight is 259 g/mol. The van der Waals surface area contributed by atoms with E-state index < -0.39 is 5.92 Å². The van der Waals surface area contributed by atoms with E-state index in [9.17, 15) is 8.78 Å². The third kappa shape index (κ3) is 2.70. The van der Waals surface area contributed by atoms with E-state index in [4.69, 9.17) is 14.7 Å². The van der Waals surface area contributed by atoms with Crippen molar-refractivity contribution >= 4 is 0 Å². The quantitative estimate of drug-likeness (QED) is 0.819. The Kier molecular flexibility index (Phi) is 3.68. The predicted molar refractivity (Wildman–Crippen MR) is 60.2 cm³/mol. The molecule has 0 spiro atoms. The Morgan fingerprint density at radius 1 is 1.28 bits per heavy atom. The number of fused-ring (bicyclic) bond motifs is 1. The van der Waals surface area contributed by atoms with Crippen molar-refractivity contribution in [3.05, 3.63) is 23.3 Å². The number of ether oxygens (including phenoxy) is 2. The van der Waals surface area contributed by atoms with Gasteiger partial charge in [0.2, 0.25) is 0 Å². The smallest absolute Gasteiger partial charge is 0.270 e. The fraction of sp³-hybridized carbons (Fsp3) is 0.500. The van der Waals surface area contributed by atoms with Crippen LogP contribution in [0.2, 0.25) is 0 Å². The highest BCUT2D eigenvalue weighted by molar-refractivity contribution is 5.49. The Morgan fingerprint density at radius 3 is 2.44 bits per heavy atom. The Bertz CT molecular complexity index is 432. The zero-order valence-corrected chi connectivity index (χ0v) is 10.0. The van der Waals surface area contributed by atoms with Crippen molar-refractivity contribution in [2.75, 3.05) is 13.2 Å². The van der Waals surface area contributed by atoms with Crippen LogP contribution in [0.25, 0.3) is 0 Å². The number of nitrogens with one attached hydrogen (secondary N) is 1. The molecule has 0 saturated carbocycles. The predicted octanol–water partition coefficient (Wildman–Crippen LogP) is 2.44. The van der Waals surface area contributed by atoms with Gasteiger partial charge in [-0.3, -0.25) is 0 Å². The van der Waals surface area contributed by atoms with Crippen LogP contribution in [-0.2, 0) is 12.5 Å². The Labute approximate surface area is 103 Å². The highest BCUT2D eigenvalue weighted by Crippen LogP contribution is 2.39. The number of halogens is 2. The largest absolute Gasteiger partial charge is 0.490 e. The molecule has 0 atom stereocenters. The lowest BCUT2D eigenvalue weighted by Crippen LogP contribution is -2.16. The molecular formula is C12H15F2NO3. The van der Waals surface area contributed by atoms with Gasteiger partial charge < -0.3 is 14.7 Å². The number of benzene rings is 1. The molecule has 1 aliphatic rings. The molecule has 0 fully saturated rings. The molecule has 1 aliphatic heterocycles. The molecule has 6 heteroatoms. The van der Waals surface area contributed by atoms with Crippen LogP contribution in [0.5, 0.6) is 11.5 Å². The van der Waals surface area contributed by atoms with Crippen LogP contribution in [0.15, 0.2) is 12.1 Å². The summed E-state index contributed by atoms with van der Waals surface area (Å²) in [5.41, 5.74) is 2.00. The molecule has 1 heterocycles. The van der Waals surface area contributed by atoms with Crippen molar-refractivity contribution < 1.29 is 23.5 Å². The van der Waals surface area contributed by atoms with Crippen LogP contribution >= 0.6 is 0 Å². The molecule has 0 amide bonds. The third-order valence-corrected chi connectivity index (χ3v) is 2.72. The first kappa shape index (κ1) is 13.0. The summed E-state index contributed by atoms with van der Waals surface area (Å²) in [6.07, 6.45) is 0.708. The van der Waals surface area contributed by atoms with Gasteiger partial charge in [0.05, 0.1) is 13.2 Å². The maximum Gasteiger partial charge on any atom is 0.270 e. The summed E-state index contributed by atoms with van der Waals surface area (Å²) in [5, 5.41) is 8.70. The Balaban J connectivity index is 2.47. The molecule has 0 aromatic heterocycles. The van der Waals surface area contributed by atoms with Crippen molar-refractivity contribution in [2.24, 2.45) is 0 Å². The summed E-state index contributed by atoms with van der Waals surface area (Å²) in [7, 11) is 0. The SMILES string of the molecule is CC(F)(F)c1cc2c(cc1CNO)OCCCO2. The minimum atomic E-state index is -3.00. The summed E-state index contributed by atoms with van der Waals surface area (Å²) in [4.78, 5) is 0. The van der Waals surface area contributed by atoms with Gasteiger partial charge in [0.25, 0.3) is 5.92 Å². The first-order valence-electron chi connectivity index (χ1n) is 5.70. The molecular weight excluding hydrogens is 244 g/mol. The summed E-state index contributed by atoms with van der Waals surface area (Å²) in [6.45, 7) is 1.67. The van der Waals surface area contributed by atoms with Crippen molar-refractivity contribution in [2.45, 2.75) is 25.8 Å². The molecule has 2 rings (SSSR count). The number of hydroxylamine groups is 1. The summed E-state index contributed by atoms with van der Waals surface area (Å²) < 4.78 is 37.8. The molecule has 0 radical (unpaired) electrons. The van der Waals surface area contributed by atoms with Gasteiger partial charge in [-0.1, -0.05) is 0 Å². The van der Waals surface area contributed by atoms with Crippen LogP contribution in [0, 0.1) is 0 Å². The van der Waals surface area contributed by atoms with Crippen molar-refractivity contribution in [3.8, 4) is 11.5 Å². The second-order valence-corrected chi connectivity index (χ2v) is 4.23. The first-order valence-corrected chi connectivity index (χ1v) is 5.70. The number of hydrogen-bond donors (Lipinski definition) is 2. The maximum atomic E-state index is 13.5. The molecule has 1 aromatic carbocycles. The summed E-state index contributed by atoms with van der Waals surface area (Å²) in [5.74, 6) is -2.24. The van der Waals surface area contributed by atoms with Crippen molar-refractivity contribution in [1.82, 2.24) is 5.48 Å². The lowest BCUT2D eigenvalue weighted by Gasteiger charge is -2.18. The van der Waals surface area contributed by atoms with Gasteiger partial charge in [-0.15, -0.1) is 0 Å². The molecule has 0 saturated heterocycles. The molecule has 100 valence electrons. The van der Waals surface area contributed by atoms with E-state index in [1.807, 2.05) is 5.48 Å². The van der Waals surface area contributed by atoms with E-state index in [0.717, 1.165) is 6.92 Å². The molecule has 1 aromatic rings. The van der Waals surface area contributed by atoms with Gasteiger partial charge in [-0.05, 0) is 17.7 Å². The zero-order valence-electron chi connectivity index (χ0n) is 10.0. The van der Waals surface area contributed by atoms with E-state index in [1.165, 1.54) is 12.1 Å². The zero-order chi connectivity index (χ0) is 13.2. The summed E-state index contributed by atoms with van der Waals surface area (Å²) in [6, 6.07) is 2.77. The topological polar surface area (TPSA) is 50.7 Å². The normalized spacial score (nSPS) is 15.3. The number of rotatable bonds is 3. The van der Waals surface area contributed by atoms with Crippen LogP contribution in [0.4, 0.5) is 8.78 Å². The molecule has 4 nitrogen and oxygen atoms in total. The average Bonchev–Trinajstić information content (AvgIpc) is 2.51. The van der Waals surface area contributed by atoms with Gasteiger partial charge in [0.15, 0.2) is 11.5 Å². The van der Waals surface area contributed by atoms with Gasteiger partial charge >= 0.3 is 0 Å². The van der Waals surface area contributed by atoms with Crippen LogP contribution in [0.1, 0.15) is 24.5 Å². The van der Waals surface area contributed by atoms with E-state index in [1.54, 1.807) is 0 Å². The molecule has 0 bridgehead atoms. The lowest BCUT2D eigenvalue weighted by molar-refractivity contribution is 0.0155. The number of alkyl halides is 2. The van der Waals surface area contributed by atoms with Gasteiger partial charge in [-0.2, -0.15) is 0 Å². The molecule has 0 unspecified atom stereocenters. The standard InChI is InChI=1S/C12H15F2NO3/c1-12(13,14)9-6-11-10(5-8(9)7-15-16)17-3-2-4-18-11/h5-6,15-16H,2-4,7H2,1H3. The van der Waals surface area contributed by atoms with E-state index in [2.05, 4.69) is 0 Å². The van der Waals surface area contributed by atoms with Gasteiger partial charge in [-0.25, -0.2) is 14.3 Å². The highest BCUT2D eigenvalue weighted by Gasteiger charge is 2.29. The second kappa shape index (κ2) is 5.07. The minimum absolute atomic E-state index is 0.0740. The first-order chi connectivity index (χ1) is 8.52. The van der Waals surface area contributed by atoms with Gasteiger partial charge in [0, 0.05) is 25.5 Å². The Morgan fingerprint density at radius 2 is 1.89 bits per heavy atom. The number of hydrogen-bond acceptors (Lipinski definition) is 4. The van der Waals surface area contributed by atoms with Crippen molar-refractivity contribution in [3.63, 3.8) is 0 Å². The lowest BCUT2D eigenvalue weighted by atomic mass is 10.0. The fourth-order valence-electron chi connectivity index (χ4n) is 1.89. The van der Waals surface area contributed by atoms with E-state index in [0.29, 0.717) is 31.1 Å². The van der Waals surface area contributed by atoms with E-state index in [-0.39, 0.29) is 17.7 Å². The third-order valence-electron chi connectivity index (χ3n) is 2.72. The molecule has 18 heavy (non-hydrogen) atoms. The van der Waals surface area contributed by atoms with Crippen LogP contribution in [-0.4, -0.2) is 18.4 Å². The fourth-order valence-corrected chi connectivity index (χ4v) is 1.89. The van der Waals surface area contributed by atoms with Gasteiger partial charge in [0.1, 0.15) is 0 Å². The highest BCUT2D eigenvalue weighted by atomic mass is 19.3. The maximum absolute atomic E-state index is 13.5. The molecule has 2 N–H and O–H groups in total. The van der Waals surface area contributed by atoms with Crippen LogP contribution in [0.3, 0.4) is 0 Å².